The van der Waals surface area contributed by atoms with Gasteiger partial charge in [0.15, 0.2) is 0 Å². The number of nitrogens with two attached hydrogens (primary N) is 1. The molecule has 5 heteroatoms. The van der Waals surface area contributed by atoms with Crippen LogP contribution in [0, 0.1) is 0 Å². The Hall–Kier alpha value is -1.46. The van der Waals surface area contributed by atoms with Crippen LogP contribution < -0.4 is 5.73 Å². The van der Waals surface area contributed by atoms with Crippen LogP contribution in [0.25, 0.3) is 0 Å². The first kappa shape index (κ1) is 14.9. The maximum absolute atomic E-state index is 12.6. The minimum atomic E-state index is -0.0256. The van der Waals surface area contributed by atoms with Crippen LogP contribution in [0.4, 0.5) is 0 Å². The molecule has 1 heterocycles. The minimum Gasteiger partial charge on any atom is -0.330 e. The lowest BCUT2D eigenvalue weighted by atomic mass is 10.0. The number of halogens is 1. The van der Waals surface area contributed by atoms with Crippen molar-refractivity contribution in [3.8, 4) is 0 Å². The molecule has 0 amide bonds. The first-order chi connectivity index (χ1) is 9.54. The van der Waals surface area contributed by atoms with Gasteiger partial charge in [-0.2, -0.15) is 5.10 Å². The van der Waals surface area contributed by atoms with E-state index in [9.17, 15) is 4.79 Å². The maximum atomic E-state index is 12.6. The van der Waals surface area contributed by atoms with Gasteiger partial charge in [-0.1, -0.05) is 24.3 Å². The third-order valence-electron chi connectivity index (χ3n) is 3.10. The predicted octanol–water partition coefficient (Wildman–Crippen LogP) is 2.96. The average Bonchev–Trinajstić information content (AvgIpc) is 2.81. The average molecular weight is 336 g/mol. The fraction of sp³-hybridized carbons (Fsp3) is 0.333. The minimum absolute atomic E-state index is 0.0256. The van der Waals surface area contributed by atoms with Gasteiger partial charge >= 0.3 is 0 Å². The number of rotatable bonds is 5. The smallest absolute Gasteiger partial charge is 0.212 e. The Bertz CT molecular complexity index is 602. The van der Waals surface area contributed by atoms with Gasteiger partial charge in [-0.25, -0.2) is 0 Å². The van der Waals surface area contributed by atoms with Crippen LogP contribution in [0.1, 0.15) is 41.5 Å². The second kappa shape index (κ2) is 6.33. The summed E-state index contributed by atoms with van der Waals surface area (Å²) in [5, 5.41) is 4.24. The topological polar surface area (TPSA) is 60.9 Å². The molecule has 0 spiro atoms. The molecule has 0 aliphatic rings. The van der Waals surface area contributed by atoms with Gasteiger partial charge in [0.2, 0.25) is 5.78 Å². The van der Waals surface area contributed by atoms with Gasteiger partial charge in [0.05, 0.1) is 10.7 Å². The summed E-state index contributed by atoms with van der Waals surface area (Å²) in [5.41, 5.74) is 7.91. The molecule has 0 aliphatic heterocycles. The first-order valence-corrected chi connectivity index (χ1v) is 7.40. The zero-order valence-electron chi connectivity index (χ0n) is 11.6. The zero-order chi connectivity index (χ0) is 14.7. The highest BCUT2D eigenvalue weighted by Crippen LogP contribution is 2.23. The summed E-state index contributed by atoms with van der Waals surface area (Å²) in [6.45, 7) is 4.61. The molecule has 2 aromatic rings. The van der Waals surface area contributed by atoms with E-state index in [-0.39, 0.29) is 11.8 Å². The highest BCUT2D eigenvalue weighted by Gasteiger charge is 2.20. The second-order valence-corrected chi connectivity index (χ2v) is 5.80. The van der Waals surface area contributed by atoms with Gasteiger partial charge in [0.1, 0.15) is 5.69 Å². The maximum Gasteiger partial charge on any atom is 0.212 e. The van der Waals surface area contributed by atoms with E-state index in [4.69, 9.17) is 5.73 Å². The van der Waals surface area contributed by atoms with Crippen molar-refractivity contribution in [3.05, 3.63) is 51.8 Å². The summed E-state index contributed by atoms with van der Waals surface area (Å²) in [6.07, 6.45) is 2.48. The van der Waals surface area contributed by atoms with Gasteiger partial charge in [-0.05, 0) is 48.3 Å². The van der Waals surface area contributed by atoms with Crippen LogP contribution in [0.3, 0.4) is 0 Å². The third-order valence-corrected chi connectivity index (χ3v) is 3.68. The van der Waals surface area contributed by atoms with E-state index < -0.39 is 0 Å². The highest BCUT2D eigenvalue weighted by atomic mass is 79.9. The molecular formula is C15H18BrN3O. The molecule has 106 valence electrons. The van der Waals surface area contributed by atoms with E-state index in [0.717, 1.165) is 16.5 Å². The monoisotopic (exact) mass is 335 g/mol. The Kier molecular flexibility index (Phi) is 4.73. The summed E-state index contributed by atoms with van der Waals surface area (Å²) < 4.78 is 2.46. The molecule has 4 nitrogen and oxygen atoms in total. The van der Waals surface area contributed by atoms with Crippen molar-refractivity contribution >= 4 is 21.7 Å². The van der Waals surface area contributed by atoms with Crippen LogP contribution in [-0.2, 0) is 6.42 Å². The number of carbonyl (C=O) groups excluding carboxylic acids is 1. The van der Waals surface area contributed by atoms with Crippen molar-refractivity contribution in [2.24, 2.45) is 5.73 Å². The van der Waals surface area contributed by atoms with Crippen molar-refractivity contribution < 1.29 is 4.79 Å². The number of carbonyl (C=O) groups is 1. The molecule has 0 aliphatic carbocycles. The Morgan fingerprint density at radius 1 is 1.35 bits per heavy atom. The largest absolute Gasteiger partial charge is 0.330 e. The summed E-state index contributed by atoms with van der Waals surface area (Å²) in [7, 11) is 0. The standard InChI is InChI=1S/C15H18BrN3O/c1-10(2)19-14(13(16)9-18-19)15(20)12-5-3-11(4-6-12)7-8-17/h3-6,9-10H,7-8,17H2,1-2H3. The van der Waals surface area contributed by atoms with Crippen LogP contribution in [0.15, 0.2) is 34.9 Å². The number of ketones is 1. The fourth-order valence-corrected chi connectivity index (χ4v) is 2.52. The Morgan fingerprint density at radius 2 is 2.00 bits per heavy atom. The first-order valence-electron chi connectivity index (χ1n) is 6.61. The van der Waals surface area contributed by atoms with Gasteiger partial charge in [-0.3, -0.25) is 9.48 Å². The number of nitrogens with zero attached hydrogens (tertiary/aromatic N) is 2. The Morgan fingerprint density at radius 3 is 2.55 bits per heavy atom. The number of hydrogen-bond acceptors (Lipinski definition) is 3. The molecule has 0 atom stereocenters. The van der Waals surface area contributed by atoms with Crippen molar-refractivity contribution in [1.29, 1.82) is 0 Å². The van der Waals surface area contributed by atoms with E-state index in [1.54, 1.807) is 10.9 Å². The van der Waals surface area contributed by atoms with Gasteiger partial charge < -0.3 is 5.73 Å². The summed E-state index contributed by atoms with van der Waals surface area (Å²) >= 11 is 3.40. The number of aromatic nitrogens is 2. The van der Waals surface area contributed by atoms with E-state index in [0.29, 0.717) is 17.8 Å². The van der Waals surface area contributed by atoms with Crippen molar-refractivity contribution in [1.82, 2.24) is 9.78 Å². The van der Waals surface area contributed by atoms with E-state index >= 15 is 0 Å². The summed E-state index contributed by atoms with van der Waals surface area (Å²) in [6, 6.07) is 7.72. The highest BCUT2D eigenvalue weighted by molar-refractivity contribution is 9.10. The Labute approximate surface area is 127 Å². The van der Waals surface area contributed by atoms with Crippen LogP contribution in [0.5, 0.6) is 0 Å². The molecule has 1 aromatic carbocycles. The van der Waals surface area contributed by atoms with Gasteiger partial charge in [0.25, 0.3) is 0 Å². The molecule has 2 N–H and O–H groups in total. The van der Waals surface area contributed by atoms with Gasteiger partial charge in [0, 0.05) is 11.6 Å². The Balaban J connectivity index is 2.34. The predicted molar refractivity (Wildman–Crippen MR) is 82.9 cm³/mol. The molecule has 0 saturated carbocycles. The molecule has 0 saturated heterocycles. The van der Waals surface area contributed by atoms with Gasteiger partial charge in [-0.15, -0.1) is 0 Å². The molecule has 1 aromatic heterocycles. The van der Waals surface area contributed by atoms with Crippen LogP contribution in [0.2, 0.25) is 0 Å². The lowest BCUT2D eigenvalue weighted by molar-refractivity contribution is 0.102. The quantitative estimate of drug-likeness (QED) is 0.854. The molecule has 0 fully saturated rings. The van der Waals surface area contributed by atoms with Crippen molar-refractivity contribution in [3.63, 3.8) is 0 Å². The lowest BCUT2D eigenvalue weighted by Crippen LogP contribution is -2.14. The van der Waals surface area contributed by atoms with Crippen molar-refractivity contribution in [2.75, 3.05) is 6.54 Å². The van der Waals surface area contributed by atoms with Crippen molar-refractivity contribution in [2.45, 2.75) is 26.3 Å². The van der Waals surface area contributed by atoms with E-state index in [1.807, 2.05) is 38.1 Å². The lowest BCUT2D eigenvalue weighted by Gasteiger charge is -2.11. The number of benzene rings is 1. The zero-order valence-corrected chi connectivity index (χ0v) is 13.2. The molecule has 0 unspecified atom stereocenters. The normalized spacial score (nSPS) is 11.1. The van der Waals surface area contributed by atoms with E-state index in [2.05, 4.69) is 21.0 Å². The molecule has 2 rings (SSSR count). The molecule has 0 radical (unpaired) electrons. The van der Waals surface area contributed by atoms with Crippen LogP contribution in [-0.4, -0.2) is 22.1 Å². The third kappa shape index (κ3) is 2.99. The molecule has 0 bridgehead atoms. The molecular weight excluding hydrogens is 318 g/mol. The summed E-state index contributed by atoms with van der Waals surface area (Å²) in [5.74, 6) is -0.0256. The van der Waals surface area contributed by atoms with Crippen LogP contribution >= 0.6 is 15.9 Å². The summed E-state index contributed by atoms with van der Waals surface area (Å²) in [4.78, 5) is 12.6. The number of hydrogen-bond donors (Lipinski definition) is 1. The SMILES string of the molecule is CC(C)n1ncc(Br)c1C(=O)c1ccc(CCN)cc1. The second-order valence-electron chi connectivity index (χ2n) is 4.94. The molecule has 20 heavy (non-hydrogen) atoms. The van der Waals surface area contributed by atoms with E-state index in [1.165, 1.54) is 0 Å². The fourth-order valence-electron chi connectivity index (χ4n) is 2.07.